The van der Waals surface area contributed by atoms with E-state index in [1.165, 1.54) is 21.1 Å². The second-order valence-electron chi connectivity index (χ2n) is 6.57. The molecule has 7 heteroatoms. The molecule has 1 aliphatic heterocycles. The minimum atomic E-state index is 0.543. The van der Waals surface area contributed by atoms with Gasteiger partial charge in [-0.15, -0.1) is 11.3 Å². The second kappa shape index (κ2) is 7.99. The molecule has 0 aromatic carbocycles. The first kappa shape index (κ1) is 17.9. The lowest BCUT2D eigenvalue weighted by atomic mass is 10.0. The number of hydrogen-bond donors (Lipinski definition) is 1. The molecular formula is C18H28N6S. The van der Waals surface area contributed by atoms with Crippen molar-refractivity contribution in [3.63, 3.8) is 0 Å². The van der Waals surface area contributed by atoms with Gasteiger partial charge in [0, 0.05) is 57.1 Å². The second-order valence-corrected chi connectivity index (χ2v) is 7.85. The molecule has 3 heterocycles. The van der Waals surface area contributed by atoms with Crippen LogP contribution in [-0.4, -0.2) is 52.3 Å². The van der Waals surface area contributed by atoms with Gasteiger partial charge in [-0.05, 0) is 25.3 Å². The van der Waals surface area contributed by atoms with Crippen molar-refractivity contribution in [1.82, 2.24) is 25.0 Å². The summed E-state index contributed by atoms with van der Waals surface area (Å²) in [6, 6.07) is 0. The largest absolute Gasteiger partial charge is 0.356 e. The van der Waals surface area contributed by atoms with Crippen LogP contribution in [0.25, 0.3) is 0 Å². The lowest BCUT2D eigenvalue weighted by Gasteiger charge is -2.21. The number of likely N-dealkylation sites (tertiary alicyclic amines) is 1. The summed E-state index contributed by atoms with van der Waals surface area (Å²) in [6.07, 6.45) is 7.23. The summed E-state index contributed by atoms with van der Waals surface area (Å²) < 4.78 is 1.88. The lowest BCUT2D eigenvalue weighted by molar-refractivity contribution is 0.486. The smallest absolute Gasteiger partial charge is 0.193 e. The predicted octanol–water partition coefficient (Wildman–Crippen LogP) is 2.35. The van der Waals surface area contributed by atoms with E-state index in [4.69, 9.17) is 4.98 Å². The lowest BCUT2D eigenvalue weighted by Crippen LogP contribution is -2.40. The van der Waals surface area contributed by atoms with E-state index in [1.807, 2.05) is 36.3 Å². The topological polar surface area (TPSA) is 58.3 Å². The van der Waals surface area contributed by atoms with Crippen molar-refractivity contribution in [3.8, 4) is 0 Å². The summed E-state index contributed by atoms with van der Waals surface area (Å²) in [4.78, 5) is 12.9. The zero-order valence-corrected chi connectivity index (χ0v) is 16.4. The van der Waals surface area contributed by atoms with Crippen molar-refractivity contribution in [2.45, 2.75) is 39.0 Å². The van der Waals surface area contributed by atoms with Gasteiger partial charge in [-0.25, -0.2) is 4.98 Å². The highest BCUT2D eigenvalue weighted by molar-refractivity contribution is 7.11. The number of guanidine groups is 1. The average Bonchev–Trinajstić information content (AvgIpc) is 3.31. The molecule has 0 saturated carbocycles. The Balaban J connectivity index is 1.51. The average molecular weight is 361 g/mol. The maximum absolute atomic E-state index is 4.72. The van der Waals surface area contributed by atoms with Crippen molar-refractivity contribution in [3.05, 3.63) is 33.5 Å². The molecule has 0 aliphatic carbocycles. The van der Waals surface area contributed by atoms with Crippen molar-refractivity contribution >= 4 is 17.3 Å². The van der Waals surface area contributed by atoms with Gasteiger partial charge in [-0.1, -0.05) is 6.92 Å². The Morgan fingerprint density at radius 1 is 1.48 bits per heavy atom. The summed E-state index contributed by atoms with van der Waals surface area (Å²) in [5, 5.41) is 9.02. The van der Waals surface area contributed by atoms with Gasteiger partial charge < -0.3 is 10.2 Å². The van der Waals surface area contributed by atoms with Gasteiger partial charge in [0.05, 0.1) is 16.9 Å². The first-order chi connectivity index (χ1) is 12.1. The SMILES string of the molecule is CCc1nc(CCNC(=NC)N2CCC(c3cnn(C)c3)C2)sc1C. The van der Waals surface area contributed by atoms with Crippen molar-refractivity contribution in [1.29, 1.82) is 0 Å². The molecule has 2 aromatic rings. The van der Waals surface area contributed by atoms with E-state index in [-0.39, 0.29) is 0 Å². The fraction of sp³-hybridized carbons (Fsp3) is 0.611. The van der Waals surface area contributed by atoms with E-state index in [0.29, 0.717) is 5.92 Å². The Labute approximate surface area is 154 Å². The molecule has 0 radical (unpaired) electrons. The van der Waals surface area contributed by atoms with Gasteiger partial charge in [-0.2, -0.15) is 5.10 Å². The molecule has 0 amide bonds. The van der Waals surface area contributed by atoms with E-state index in [0.717, 1.165) is 44.9 Å². The number of aliphatic imine (C=N–C) groups is 1. The minimum absolute atomic E-state index is 0.543. The predicted molar refractivity (Wildman–Crippen MR) is 103 cm³/mol. The van der Waals surface area contributed by atoms with E-state index in [9.17, 15) is 0 Å². The first-order valence-electron chi connectivity index (χ1n) is 9.00. The van der Waals surface area contributed by atoms with Crippen LogP contribution in [-0.2, 0) is 19.9 Å². The molecule has 25 heavy (non-hydrogen) atoms. The van der Waals surface area contributed by atoms with Gasteiger partial charge in [0.25, 0.3) is 0 Å². The number of rotatable bonds is 5. The third-order valence-corrected chi connectivity index (χ3v) is 5.86. The summed E-state index contributed by atoms with van der Waals surface area (Å²) in [7, 11) is 3.84. The number of nitrogens with zero attached hydrogens (tertiary/aromatic N) is 5. The Morgan fingerprint density at radius 2 is 2.32 bits per heavy atom. The molecule has 0 spiro atoms. The number of aryl methyl sites for hydroxylation is 3. The van der Waals surface area contributed by atoms with Crippen LogP contribution in [0, 0.1) is 6.92 Å². The highest BCUT2D eigenvalue weighted by Gasteiger charge is 2.26. The number of thiazole rings is 1. The monoisotopic (exact) mass is 360 g/mol. The summed E-state index contributed by atoms with van der Waals surface area (Å²) in [6.45, 7) is 7.24. The maximum atomic E-state index is 4.72. The van der Waals surface area contributed by atoms with Crippen molar-refractivity contribution in [2.24, 2.45) is 12.0 Å². The Hall–Kier alpha value is -1.89. The molecule has 1 fully saturated rings. The molecule has 1 N–H and O–H groups in total. The van der Waals surface area contributed by atoms with Crippen LogP contribution in [0.15, 0.2) is 17.4 Å². The van der Waals surface area contributed by atoms with Crippen LogP contribution < -0.4 is 5.32 Å². The zero-order valence-electron chi connectivity index (χ0n) is 15.6. The van der Waals surface area contributed by atoms with Gasteiger partial charge >= 0.3 is 0 Å². The van der Waals surface area contributed by atoms with Gasteiger partial charge in [0.15, 0.2) is 5.96 Å². The highest BCUT2D eigenvalue weighted by atomic mass is 32.1. The standard InChI is InChI=1S/C18H28N6S/c1-5-16-13(2)25-17(22-16)6-8-20-18(19-3)24-9-7-14(12-24)15-10-21-23(4)11-15/h10-11,14H,5-9,12H2,1-4H3,(H,19,20). The number of aromatic nitrogens is 3. The normalized spacial score (nSPS) is 18.2. The summed E-state index contributed by atoms with van der Waals surface area (Å²) in [5.74, 6) is 1.54. The van der Waals surface area contributed by atoms with E-state index in [1.54, 1.807) is 0 Å². The van der Waals surface area contributed by atoms with Gasteiger partial charge in [0.1, 0.15) is 0 Å². The van der Waals surface area contributed by atoms with Crippen LogP contribution in [0.2, 0.25) is 0 Å². The van der Waals surface area contributed by atoms with Gasteiger partial charge in [0.2, 0.25) is 0 Å². The highest BCUT2D eigenvalue weighted by Crippen LogP contribution is 2.26. The molecule has 136 valence electrons. The van der Waals surface area contributed by atoms with E-state index >= 15 is 0 Å². The third kappa shape index (κ3) is 4.21. The Morgan fingerprint density at radius 3 is 2.96 bits per heavy atom. The first-order valence-corrected chi connectivity index (χ1v) is 9.81. The zero-order chi connectivity index (χ0) is 17.8. The quantitative estimate of drug-likeness (QED) is 0.657. The molecule has 1 unspecified atom stereocenters. The Bertz CT molecular complexity index is 732. The number of nitrogens with one attached hydrogen (secondary N) is 1. The maximum Gasteiger partial charge on any atom is 0.193 e. The summed E-state index contributed by atoms with van der Waals surface area (Å²) >= 11 is 1.82. The molecule has 1 aliphatic rings. The van der Waals surface area contributed by atoms with E-state index < -0.39 is 0 Å². The summed E-state index contributed by atoms with van der Waals surface area (Å²) in [5.41, 5.74) is 2.56. The minimum Gasteiger partial charge on any atom is -0.356 e. The molecule has 0 bridgehead atoms. The molecule has 6 nitrogen and oxygen atoms in total. The van der Waals surface area contributed by atoms with Crippen molar-refractivity contribution in [2.75, 3.05) is 26.7 Å². The Kier molecular flexibility index (Phi) is 5.73. The van der Waals surface area contributed by atoms with Crippen LogP contribution in [0.4, 0.5) is 0 Å². The van der Waals surface area contributed by atoms with Crippen LogP contribution in [0.1, 0.15) is 40.4 Å². The number of hydrogen-bond acceptors (Lipinski definition) is 4. The van der Waals surface area contributed by atoms with E-state index in [2.05, 4.69) is 40.4 Å². The molecule has 1 saturated heterocycles. The van der Waals surface area contributed by atoms with Crippen molar-refractivity contribution < 1.29 is 0 Å². The molecule has 3 rings (SSSR count). The van der Waals surface area contributed by atoms with Crippen LogP contribution >= 0.6 is 11.3 Å². The molecular weight excluding hydrogens is 332 g/mol. The molecule has 2 aromatic heterocycles. The van der Waals surface area contributed by atoms with Gasteiger partial charge in [-0.3, -0.25) is 9.67 Å². The molecule has 1 atom stereocenters. The van der Waals surface area contributed by atoms with Crippen LogP contribution in [0.5, 0.6) is 0 Å². The van der Waals surface area contributed by atoms with Crippen LogP contribution in [0.3, 0.4) is 0 Å². The fourth-order valence-electron chi connectivity index (χ4n) is 3.41. The fourth-order valence-corrected chi connectivity index (χ4v) is 4.43. The third-order valence-electron chi connectivity index (χ3n) is 4.79.